The number of esters is 2. The SMILES string of the molecule is COC(=O)C(CI)C(=O)OC(C)(C)C.N. The van der Waals surface area contributed by atoms with Crippen LogP contribution in [0.15, 0.2) is 0 Å². The van der Waals surface area contributed by atoms with E-state index in [0.717, 1.165) is 0 Å². The van der Waals surface area contributed by atoms with Gasteiger partial charge in [0.25, 0.3) is 0 Å². The average molecular weight is 331 g/mol. The van der Waals surface area contributed by atoms with Crippen LogP contribution in [0.5, 0.6) is 0 Å². The first-order valence-corrected chi connectivity index (χ1v) is 5.71. The Labute approximate surface area is 104 Å². The highest BCUT2D eigenvalue weighted by Gasteiger charge is 2.30. The van der Waals surface area contributed by atoms with Crippen LogP contribution >= 0.6 is 22.6 Å². The summed E-state index contributed by atoms with van der Waals surface area (Å²) in [6.07, 6.45) is 0. The van der Waals surface area contributed by atoms with Crippen molar-refractivity contribution in [3.8, 4) is 0 Å². The third-order valence-electron chi connectivity index (χ3n) is 1.33. The van der Waals surface area contributed by atoms with Gasteiger partial charge in [-0.2, -0.15) is 0 Å². The van der Waals surface area contributed by atoms with Gasteiger partial charge in [0, 0.05) is 4.43 Å². The van der Waals surface area contributed by atoms with Crippen molar-refractivity contribution in [3.05, 3.63) is 0 Å². The number of carbonyl (C=O) groups is 2. The standard InChI is InChI=1S/C9H15IO4.H3N/c1-9(2,3)14-8(12)6(5-10)7(11)13-4;/h6H,5H2,1-4H3;1H3. The van der Waals surface area contributed by atoms with E-state index in [9.17, 15) is 9.59 Å². The summed E-state index contributed by atoms with van der Waals surface area (Å²) in [5, 5.41) is 0. The minimum Gasteiger partial charge on any atom is -0.468 e. The molecule has 0 aromatic carbocycles. The molecular weight excluding hydrogens is 313 g/mol. The highest BCUT2D eigenvalue weighted by atomic mass is 127. The molecule has 0 heterocycles. The molecule has 3 N–H and O–H groups in total. The summed E-state index contributed by atoms with van der Waals surface area (Å²) in [6.45, 7) is 5.27. The summed E-state index contributed by atoms with van der Waals surface area (Å²) < 4.78 is 9.92. The lowest BCUT2D eigenvalue weighted by molar-refractivity contribution is -0.166. The van der Waals surface area contributed by atoms with Crippen LogP contribution in [-0.2, 0) is 19.1 Å². The van der Waals surface area contributed by atoms with Gasteiger partial charge < -0.3 is 15.6 Å². The normalized spacial score (nSPS) is 12.3. The fourth-order valence-electron chi connectivity index (χ4n) is 0.737. The van der Waals surface area contributed by atoms with Crippen molar-refractivity contribution in [2.75, 3.05) is 11.5 Å². The van der Waals surface area contributed by atoms with E-state index in [4.69, 9.17) is 4.74 Å². The van der Waals surface area contributed by atoms with Crippen molar-refractivity contribution in [3.63, 3.8) is 0 Å². The van der Waals surface area contributed by atoms with Crippen molar-refractivity contribution in [2.45, 2.75) is 26.4 Å². The van der Waals surface area contributed by atoms with Crippen LogP contribution < -0.4 is 6.15 Å². The first-order chi connectivity index (χ1) is 6.31. The number of ether oxygens (including phenoxy) is 2. The van der Waals surface area contributed by atoms with E-state index >= 15 is 0 Å². The molecular formula is C9H18INO4. The van der Waals surface area contributed by atoms with Gasteiger partial charge in [-0.3, -0.25) is 9.59 Å². The molecule has 0 radical (unpaired) electrons. The van der Waals surface area contributed by atoms with Crippen LogP contribution in [0.3, 0.4) is 0 Å². The number of alkyl halides is 1. The predicted octanol–water partition coefficient (Wildman–Crippen LogP) is 1.71. The maximum Gasteiger partial charge on any atom is 0.321 e. The van der Waals surface area contributed by atoms with E-state index in [1.807, 2.05) is 22.6 Å². The second kappa shape index (κ2) is 7.00. The molecule has 1 atom stereocenters. The number of halogens is 1. The van der Waals surface area contributed by atoms with E-state index in [1.54, 1.807) is 20.8 Å². The fraction of sp³-hybridized carbons (Fsp3) is 0.778. The zero-order valence-corrected chi connectivity index (χ0v) is 11.7. The van der Waals surface area contributed by atoms with Gasteiger partial charge in [-0.25, -0.2) is 0 Å². The Morgan fingerprint density at radius 1 is 1.27 bits per heavy atom. The molecule has 0 aliphatic heterocycles. The quantitative estimate of drug-likeness (QED) is 0.368. The summed E-state index contributed by atoms with van der Waals surface area (Å²) in [5.41, 5.74) is -0.574. The largest absolute Gasteiger partial charge is 0.468 e. The van der Waals surface area contributed by atoms with Crippen molar-refractivity contribution in [1.82, 2.24) is 6.15 Å². The van der Waals surface area contributed by atoms with E-state index in [2.05, 4.69) is 4.74 Å². The minimum absolute atomic E-state index is 0. The number of methoxy groups -OCH3 is 1. The summed E-state index contributed by atoms with van der Waals surface area (Å²) in [5.74, 6) is -1.90. The summed E-state index contributed by atoms with van der Waals surface area (Å²) in [4.78, 5) is 22.6. The van der Waals surface area contributed by atoms with Gasteiger partial charge in [-0.15, -0.1) is 0 Å². The van der Waals surface area contributed by atoms with Crippen LogP contribution in [0.4, 0.5) is 0 Å². The molecule has 0 bridgehead atoms. The van der Waals surface area contributed by atoms with Gasteiger partial charge in [-0.05, 0) is 20.8 Å². The lowest BCUT2D eigenvalue weighted by atomic mass is 10.1. The molecule has 0 aliphatic carbocycles. The molecule has 6 heteroatoms. The molecule has 0 fully saturated rings. The second-order valence-electron chi connectivity index (χ2n) is 3.76. The second-order valence-corrected chi connectivity index (χ2v) is 4.64. The first-order valence-electron chi connectivity index (χ1n) is 4.18. The molecule has 0 spiro atoms. The van der Waals surface area contributed by atoms with Crippen molar-refractivity contribution < 1.29 is 19.1 Å². The molecule has 0 aliphatic rings. The first kappa shape index (κ1) is 17.0. The summed E-state index contributed by atoms with van der Waals surface area (Å²) in [7, 11) is 1.26. The molecule has 5 nitrogen and oxygen atoms in total. The number of hydrogen-bond acceptors (Lipinski definition) is 5. The Balaban J connectivity index is 0. The molecule has 0 saturated carbocycles. The predicted molar refractivity (Wildman–Crippen MR) is 65.3 cm³/mol. The Morgan fingerprint density at radius 3 is 2.00 bits per heavy atom. The van der Waals surface area contributed by atoms with E-state index in [-0.39, 0.29) is 6.15 Å². The fourth-order valence-corrected chi connectivity index (χ4v) is 1.46. The Morgan fingerprint density at radius 2 is 1.73 bits per heavy atom. The minimum atomic E-state index is -0.820. The maximum atomic E-state index is 11.5. The Bertz CT molecular complexity index is 225. The number of hydrogen-bond donors (Lipinski definition) is 1. The molecule has 15 heavy (non-hydrogen) atoms. The van der Waals surface area contributed by atoms with Crippen molar-refractivity contribution in [1.29, 1.82) is 0 Å². The molecule has 0 saturated heterocycles. The molecule has 90 valence electrons. The molecule has 0 rings (SSSR count). The maximum absolute atomic E-state index is 11.5. The molecule has 1 unspecified atom stereocenters. The Kier molecular flexibility index (Phi) is 7.95. The van der Waals surface area contributed by atoms with Crippen LogP contribution in [0, 0.1) is 5.92 Å². The Hall–Kier alpha value is -0.370. The number of carbonyl (C=O) groups excluding carboxylic acids is 2. The monoisotopic (exact) mass is 331 g/mol. The van der Waals surface area contributed by atoms with E-state index in [1.165, 1.54) is 7.11 Å². The van der Waals surface area contributed by atoms with Gasteiger partial charge in [0.2, 0.25) is 0 Å². The average Bonchev–Trinajstić information content (AvgIpc) is 2.01. The molecule has 0 amide bonds. The van der Waals surface area contributed by atoms with Gasteiger partial charge in [-0.1, -0.05) is 22.6 Å². The van der Waals surface area contributed by atoms with Crippen molar-refractivity contribution >= 4 is 34.5 Å². The van der Waals surface area contributed by atoms with Gasteiger partial charge in [0.1, 0.15) is 5.60 Å². The molecule has 0 aromatic rings. The zero-order valence-electron chi connectivity index (χ0n) is 9.50. The van der Waals surface area contributed by atoms with Crippen LogP contribution in [0.25, 0.3) is 0 Å². The highest BCUT2D eigenvalue weighted by Crippen LogP contribution is 2.14. The van der Waals surface area contributed by atoms with E-state index in [0.29, 0.717) is 4.43 Å². The number of rotatable bonds is 3. The lowest BCUT2D eigenvalue weighted by Gasteiger charge is -2.21. The lowest BCUT2D eigenvalue weighted by Crippen LogP contribution is -2.34. The van der Waals surface area contributed by atoms with Gasteiger partial charge >= 0.3 is 11.9 Å². The van der Waals surface area contributed by atoms with Crippen LogP contribution in [0.2, 0.25) is 0 Å². The third kappa shape index (κ3) is 6.67. The topological polar surface area (TPSA) is 87.6 Å². The summed E-state index contributed by atoms with van der Waals surface area (Å²) in [6, 6.07) is 0. The van der Waals surface area contributed by atoms with Gasteiger partial charge in [0.15, 0.2) is 5.92 Å². The van der Waals surface area contributed by atoms with Crippen LogP contribution in [-0.4, -0.2) is 29.1 Å². The van der Waals surface area contributed by atoms with Crippen molar-refractivity contribution in [2.24, 2.45) is 5.92 Å². The molecule has 0 aromatic heterocycles. The van der Waals surface area contributed by atoms with Crippen LogP contribution in [0.1, 0.15) is 20.8 Å². The summed E-state index contributed by atoms with van der Waals surface area (Å²) >= 11 is 1.95. The third-order valence-corrected chi connectivity index (χ3v) is 2.21. The van der Waals surface area contributed by atoms with Gasteiger partial charge in [0.05, 0.1) is 7.11 Å². The zero-order chi connectivity index (χ0) is 11.4. The van der Waals surface area contributed by atoms with E-state index < -0.39 is 23.5 Å². The highest BCUT2D eigenvalue weighted by molar-refractivity contribution is 14.1. The smallest absolute Gasteiger partial charge is 0.321 e.